The van der Waals surface area contributed by atoms with E-state index in [0.717, 1.165) is 17.4 Å². The Bertz CT molecular complexity index is 411. The highest BCUT2D eigenvalue weighted by atomic mass is 32.1. The van der Waals surface area contributed by atoms with Crippen LogP contribution in [0.5, 0.6) is 0 Å². The molecule has 0 radical (unpaired) electrons. The second-order valence-corrected chi connectivity index (χ2v) is 3.11. The lowest BCUT2D eigenvalue weighted by atomic mass is 10.0. The first-order valence-corrected chi connectivity index (χ1v) is 4.60. The van der Waals surface area contributed by atoms with E-state index >= 15 is 0 Å². The van der Waals surface area contributed by atoms with E-state index in [1.165, 1.54) is 0 Å². The minimum atomic E-state index is 0.487. The fourth-order valence-electron chi connectivity index (χ4n) is 1.17. The predicted octanol–water partition coefficient (Wildman–Crippen LogP) is 3.18. The summed E-state index contributed by atoms with van der Waals surface area (Å²) >= 11 is 4.13. The number of benzene rings is 1. The van der Waals surface area contributed by atoms with Crippen LogP contribution in [0.25, 0.3) is 10.4 Å². The average molecular weight is 207 g/mol. The first-order valence-electron chi connectivity index (χ1n) is 3.97. The highest BCUT2D eigenvalue weighted by Gasteiger charge is 2.04. The molecule has 1 aromatic rings. The van der Waals surface area contributed by atoms with Crippen LogP contribution >= 0.6 is 12.6 Å². The molecular formula is C9H9N3OS. The maximum absolute atomic E-state index is 10.6. The lowest BCUT2D eigenvalue weighted by Crippen LogP contribution is -1.89. The summed E-state index contributed by atoms with van der Waals surface area (Å²) in [7, 11) is 0. The molecule has 5 heteroatoms. The van der Waals surface area contributed by atoms with Gasteiger partial charge in [0.1, 0.15) is 6.29 Å². The van der Waals surface area contributed by atoms with Crippen LogP contribution in [-0.4, -0.2) is 6.29 Å². The van der Waals surface area contributed by atoms with E-state index in [0.29, 0.717) is 17.0 Å². The van der Waals surface area contributed by atoms with Crippen molar-refractivity contribution in [1.82, 2.24) is 0 Å². The molecule has 0 aliphatic carbocycles. The molecule has 14 heavy (non-hydrogen) atoms. The lowest BCUT2D eigenvalue weighted by Gasteiger charge is -2.06. The van der Waals surface area contributed by atoms with Crippen molar-refractivity contribution in [3.63, 3.8) is 0 Å². The van der Waals surface area contributed by atoms with Gasteiger partial charge in [-0.05, 0) is 35.7 Å². The molecule has 0 saturated carbocycles. The molecule has 0 aromatic heterocycles. The molecule has 4 nitrogen and oxygen atoms in total. The number of thiol groups is 1. The first-order chi connectivity index (χ1) is 6.72. The third kappa shape index (κ3) is 2.07. The number of carbonyl (C=O) groups excluding carboxylic acids is 1. The van der Waals surface area contributed by atoms with Crippen LogP contribution in [0.2, 0.25) is 0 Å². The highest BCUT2D eigenvalue weighted by Crippen LogP contribution is 2.25. The summed E-state index contributed by atoms with van der Waals surface area (Å²) in [5, 5.41) is 3.51. The van der Waals surface area contributed by atoms with Crippen molar-refractivity contribution in [3.8, 4) is 0 Å². The van der Waals surface area contributed by atoms with E-state index in [9.17, 15) is 4.79 Å². The van der Waals surface area contributed by atoms with Gasteiger partial charge >= 0.3 is 0 Å². The average Bonchev–Trinajstić information content (AvgIpc) is 2.21. The molecule has 0 heterocycles. The zero-order valence-electron chi connectivity index (χ0n) is 7.64. The molecule has 1 aromatic carbocycles. The van der Waals surface area contributed by atoms with Gasteiger partial charge in [-0.2, -0.15) is 12.6 Å². The number of carbonyl (C=O) groups is 1. The Morgan fingerprint density at radius 1 is 1.64 bits per heavy atom. The molecule has 0 unspecified atom stereocenters. The number of aldehydes is 1. The van der Waals surface area contributed by atoms with E-state index in [1.54, 1.807) is 12.1 Å². The van der Waals surface area contributed by atoms with E-state index < -0.39 is 0 Å². The third-order valence-electron chi connectivity index (χ3n) is 1.97. The standard InChI is InChI=1S/C9H9N3OS/c1-6-8(5-14)2-7(4-13)3-9(6)11-12-10/h2-4,14H,5H2,1H3. The van der Waals surface area contributed by atoms with E-state index in [4.69, 9.17) is 5.53 Å². The van der Waals surface area contributed by atoms with Gasteiger partial charge in [0.15, 0.2) is 0 Å². The largest absolute Gasteiger partial charge is 0.298 e. The Balaban J connectivity index is 3.40. The fourth-order valence-corrected chi connectivity index (χ4v) is 1.49. The third-order valence-corrected chi connectivity index (χ3v) is 2.31. The molecular weight excluding hydrogens is 198 g/mol. The van der Waals surface area contributed by atoms with Crippen molar-refractivity contribution in [3.05, 3.63) is 39.3 Å². The first kappa shape index (κ1) is 10.6. The Labute approximate surface area is 87.0 Å². The normalized spacial score (nSPS) is 9.29. The van der Waals surface area contributed by atoms with Gasteiger partial charge in [-0.25, -0.2) is 0 Å². The quantitative estimate of drug-likeness (QED) is 0.267. The minimum absolute atomic E-state index is 0.487. The molecule has 0 spiro atoms. The van der Waals surface area contributed by atoms with Crippen molar-refractivity contribution < 1.29 is 4.79 Å². The summed E-state index contributed by atoms with van der Waals surface area (Å²) < 4.78 is 0. The predicted molar refractivity (Wildman–Crippen MR) is 58.1 cm³/mol. The Hall–Kier alpha value is -1.45. The van der Waals surface area contributed by atoms with E-state index in [1.807, 2.05) is 6.92 Å². The second kappa shape index (κ2) is 4.69. The number of hydrogen-bond acceptors (Lipinski definition) is 3. The van der Waals surface area contributed by atoms with Gasteiger partial charge in [-0.3, -0.25) is 4.79 Å². The van der Waals surface area contributed by atoms with E-state index in [2.05, 4.69) is 22.7 Å². The topological polar surface area (TPSA) is 65.8 Å². The second-order valence-electron chi connectivity index (χ2n) is 2.79. The van der Waals surface area contributed by atoms with E-state index in [-0.39, 0.29) is 0 Å². The summed E-state index contributed by atoms with van der Waals surface area (Å²) in [6.07, 6.45) is 0.725. The molecule has 0 aliphatic heterocycles. The number of azide groups is 1. The molecule has 1 rings (SSSR count). The van der Waals surface area contributed by atoms with Gasteiger partial charge in [-0.15, -0.1) is 0 Å². The van der Waals surface area contributed by atoms with Gasteiger partial charge < -0.3 is 0 Å². The lowest BCUT2D eigenvalue weighted by molar-refractivity contribution is 0.112. The smallest absolute Gasteiger partial charge is 0.150 e. The summed E-state index contributed by atoms with van der Waals surface area (Å²) in [5.74, 6) is 0.515. The van der Waals surface area contributed by atoms with Crippen LogP contribution < -0.4 is 0 Å². The molecule has 0 N–H and O–H groups in total. The molecule has 0 bridgehead atoms. The molecule has 0 saturated heterocycles. The maximum atomic E-state index is 10.6. The molecule has 0 amide bonds. The van der Waals surface area contributed by atoms with Crippen molar-refractivity contribution in [1.29, 1.82) is 0 Å². The van der Waals surface area contributed by atoms with Crippen molar-refractivity contribution in [2.24, 2.45) is 5.11 Å². The fraction of sp³-hybridized carbons (Fsp3) is 0.222. The van der Waals surface area contributed by atoms with Gasteiger partial charge in [0.05, 0.1) is 0 Å². The van der Waals surface area contributed by atoms with Crippen LogP contribution in [0.4, 0.5) is 5.69 Å². The highest BCUT2D eigenvalue weighted by molar-refractivity contribution is 7.79. The SMILES string of the molecule is Cc1c(CS)cc(C=O)cc1N=[N+]=[N-]. The van der Waals surface area contributed by atoms with Crippen LogP contribution in [0, 0.1) is 6.92 Å². The number of hydrogen-bond donors (Lipinski definition) is 1. The number of nitrogens with zero attached hydrogens (tertiary/aromatic N) is 3. The van der Waals surface area contributed by atoms with Gasteiger partial charge in [0, 0.05) is 21.9 Å². The summed E-state index contributed by atoms with van der Waals surface area (Å²) in [6.45, 7) is 1.84. The monoisotopic (exact) mass is 207 g/mol. The van der Waals surface area contributed by atoms with Gasteiger partial charge in [0.25, 0.3) is 0 Å². The van der Waals surface area contributed by atoms with Crippen LogP contribution in [0.15, 0.2) is 17.2 Å². The molecule has 0 fully saturated rings. The van der Waals surface area contributed by atoms with Gasteiger partial charge in [0.2, 0.25) is 0 Å². The van der Waals surface area contributed by atoms with Crippen molar-refractivity contribution >= 4 is 24.6 Å². The Morgan fingerprint density at radius 2 is 2.36 bits per heavy atom. The zero-order chi connectivity index (χ0) is 10.6. The van der Waals surface area contributed by atoms with Crippen LogP contribution in [0.3, 0.4) is 0 Å². The molecule has 72 valence electrons. The van der Waals surface area contributed by atoms with Crippen LogP contribution in [-0.2, 0) is 5.75 Å². The number of rotatable bonds is 3. The van der Waals surface area contributed by atoms with Crippen LogP contribution in [0.1, 0.15) is 21.5 Å². The Morgan fingerprint density at radius 3 is 2.86 bits per heavy atom. The zero-order valence-corrected chi connectivity index (χ0v) is 8.53. The summed E-state index contributed by atoms with van der Waals surface area (Å²) in [4.78, 5) is 13.3. The van der Waals surface area contributed by atoms with Crippen molar-refractivity contribution in [2.45, 2.75) is 12.7 Å². The molecule has 0 atom stereocenters. The summed E-state index contributed by atoms with van der Waals surface area (Å²) in [5.41, 5.74) is 11.1. The summed E-state index contributed by atoms with van der Waals surface area (Å²) in [6, 6.07) is 3.31. The Kier molecular flexibility index (Phi) is 3.56. The maximum Gasteiger partial charge on any atom is 0.150 e. The minimum Gasteiger partial charge on any atom is -0.298 e. The van der Waals surface area contributed by atoms with Gasteiger partial charge in [-0.1, -0.05) is 5.11 Å². The van der Waals surface area contributed by atoms with Crippen molar-refractivity contribution in [2.75, 3.05) is 0 Å². The molecule has 0 aliphatic rings.